The van der Waals surface area contributed by atoms with Crippen molar-refractivity contribution in [2.75, 3.05) is 26.7 Å². The summed E-state index contributed by atoms with van der Waals surface area (Å²) in [6.07, 6.45) is 0. The fraction of sp³-hybridized carbons (Fsp3) is 0.300. The number of H-pyrrole nitrogens is 1. The topological polar surface area (TPSA) is 120 Å². The first kappa shape index (κ1) is 19.8. The number of piperazine rings is 1. The van der Waals surface area contributed by atoms with E-state index in [0.29, 0.717) is 46.6 Å². The summed E-state index contributed by atoms with van der Waals surface area (Å²) in [6, 6.07) is 4.65. The molecule has 2 aromatic heterocycles. The lowest BCUT2D eigenvalue weighted by molar-refractivity contribution is -0.146. The Kier molecular flexibility index (Phi) is 5.08. The molecule has 1 aliphatic heterocycles. The van der Waals surface area contributed by atoms with E-state index in [9.17, 15) is 19.1 Å². The molecule has 1 aromatic carbocycles. The average molecular weight is 413 g/mol. The number of carbonyl (C=O) groups excluding carboxylic acids is 2. The third-order valence-electron chi connectivity index (χ3n) is 5.16. The highest BCUT2D eigenvalue weighted by Crippen LogP contribution is 2.29. The summed E-state index contributed by atoms with van der Waals surface area (Å²) in [5.74, 6) is -2.16. The maximum absolute atomic E-state index is 13.9. The molecule has 0 bridgehead atoms. The molecule has 1 atom stereocenters. The number of phenols is 1. The Bertz CT molecular complexity index is 1150. The number of phenolic OH excluding ortho intramolecular Hbond substituents is 1. The van der Waals surface area contributed by atoms with Gasteiger partial charge in [0.05, 0.1) is 23.8 Å². The standard InChI is InChI=1S/C20H20FN5O4/c1-10-17-12(19(28)26-6-5-22-9-15(26)20(29)30-2)8-14(23-18(17)25-24-10)11-3-4-16(27)13(21)7-11/h3-4,7-8,15,22,27H,5-6,9H2,1-2H3,(H,23,24,25). The van der Waals surface area contributed by atoms with E-state index in [0.717, 1.165) is 6.07 Å². The summed E-state index contributed by atoms with van der Waals surface area (Å²) in [7, 11) is 1.28. The van der Waals surface area contributed by atoms with Crippen LogP contribution in [0.3, 0.4) is 0 Å². The van der Waals surface area contributed by atoms with Crippen LogP contribution >= 0.6 is 0 Å². The van der Waals surface area contributed by atoms with E-state index in [2.05, 4.69) is 20.5 Å². The first-order valence-corrected chi connectivity index (χ1v) is 9.35. The maximum atomic E-state index is 13.9. The number of pyridine rings is 1. The third kappa shape index (κ3) is 3.35. The largest absolute Gasteiger partial charge is 0.505 e. The first-order valence-electron chi connectivity index (χ1n) is 9.35. The van der Waals surface area contributed by atoms with Crippen LogP contribution in [0.1, 0.15) is 16.1 Å². The lowest BCUT2D eigenvalue weighted by Crippen LogP contribution is -2.57. The molecule has 1 unspecified atom stereocenters. The SMILES string of the molecule is COC(=O)C1CNCCN1C(=O)c1cc(-c2ccc(O)c(F)c2)nc2n[nH]c(C)c12. The zero-order valence-electron chi connectivity index (χ0n) is 16.4. The van der Waals surface area contributed by atoms with Crippen LogP contribution in [0.2, 0.25) is 0 Å². The molecule has 4 rings (SSSR count). The van der Waals surface area contributed by atoms with Gasteiger partial charge in [-0.25, -0.2) is 14.2 Å². The van der Waals surface area contributed by atoms with Gasteiger partial charge in [0.2, 0.25) is 0 Å². The summed E-state index contributed by atoms with van der Waals surface area (Å²) >= 11 is 0. The van der Waals surface area contributed by atoms with Crippen molar-refractivity contribution in [2.24, 2.45) is 0 Å². The van der Waals surface area contributed by atoms with Gasteiger partial charge >= 0.3 is 5.97 Å². The lowest BCUT2D eigenvalue weighted by Gasteiger charge is -2.34. The van der Waals surface area contributed by atoms with Gasteiger partial charge in [-0.1, -0.05) is 0 Å². The van der Waals surface area contributed by atoms with Gasteiger partial charge in [-0.2, -0.15) is 5.10 Å². The van der Waals surface area contributed by atoms with Crippen molar-refractivity contribution >= 4 is 22.9 Å². The molecule has 3 aromatic rings. The number of aryl methyl sites for hydroxylation is 1. The summed E-state index contributed by atoms with van der Waals surface area (Å²) in [5, 5.41) is 20.0. The van der Waals surface area contributed by atoms with Crippen LogP contribution in [-0.2, 0) is 9.53 Å². The van der Waals surface area contributed by atoms with Crippen molar-refractivity contribution in [3.05, 3.63) is 41.3 Å². The lowest BCUT2D eigenvalue weighted by atomic mass is 10.0. The zero-order valence-corrected chi connectivity index (χ0v) is 16.4. The molecule has 0 aliphatic carbocycles. The number of aromatic hydroxyl groups is 1. The van der Waals surface area contributed by atoms with Crippen molar-refractivity contribution < 1.29 is 23.8 Å². The van der Waals surface area contributed by atoms with Gasteiger partial charge in [-0.3, -0.25) is 9.89 Å². The molecule has 0 spiro atoms. The van der Waals surface area contributed by atoms with Crippen LogP contribution in [0.15, 0.2) is 24.3 Å². The molecular formula is C20H20FN5O4. The van der Waals surface area contributed by atoms with Gasteiger partial charge in [-0.15, -0.1) is 0 Å². The van der Waals surface area contributed by atoms with E-state index < -0.39 is 23.6 Å². The number of nitrogens with one attached hydrogen (secondary N) is 2. The molecule has 1 aliphatic rings. The number of aromatic amines is 1. The Morgan fingerprint density at radius 1 is 1.33 bits per heavy atom. The zero-order chi connectivity index (χ0) is 21.4. The van der Waals surface area contributed by atoms with Crippen molar-refractivity contribution in [1.29, 1.82) is 0 Å². The van der Waals surface area contributed by atoms with Gasteiger partial charge in [0.1, 0.15) is 6.04 Å². The number of ether oxygens (including phenoxy) is 1. The Labute approximate surface area is 170 Å². The Morgan fingerprint density at radius 3 is 2.87 bits per heavy atom. The molecule has 0 saturated carbocycles. The molecule has 156 valence electrons. The summed E-state index contributed by atoms with van der Waals surface area (Å²) < 4.78 is 18.7. The quantitative estimate of drug-likeness (QED) is 0.555. The molecule has 10 heteroatoms. The minimum absolute atomic E-state index is 0.285. The Balaban J connectivity index is 1.84. The van der Waals surface area contributed by atoms with Crippen molar-refractivity contribution in [3.8, 4) is 17.0 Å². The number of carbonyl (C=O) groups is 2. The minimum atomic E-state index is -0.798. The summed E-state index contributed by atoms with van der Waals surface area (Å²) in [4.78, 5) is 31.6. The van der Waals surface area contributed by atoms with E-state index >= 15 is 0 Å². The van der Waals surface area contributed by atoms with Crippen LogP contribution in [0.5, 0.6) is 5.75 Å². The number of amides is 1. The van der Waals surface area contributed by atoms with Crippen LogP contribution < -0.4 is 5.32 Å². The van der Waals surface area contributed by atoms with Crippen molar-refractivity contribution in [2.45, 2.75) is 13.0 Å². The molecule has 1 fully saturated rings. The molecule has 3 heterocycles. The van der Waals surface area contributed by atoms with E-state index in [1.807, 2.05) is 0 Å². The average Bonchev–Trinajstić information content (AvgIpc) is 3.14. The molecule has 30 heavy (non-hydrogen) atoms. The molecule has 1 saturated heterocycles. The summed E-state index contributed by atoms with van der Waals surface area (Å²) in [5.41, 5.74) is 1.94. The van der Waals surface area contributed by atoms with Gasteiger partial charge < -0.3 is 20.1 Å². The van der Waals surface area contributed by atoms with E-state index in [1.165, 1.54) is 24.1 Å². The van der Waals surface area contributed by atoms with Crippen molar-refractivity contribution in [3.63, 3.8) is 0 Å². The van der Waals surface area contributed by atoms with Gasteiger partial charge in [0, 0.05) is 30.9 Å². The minimum Gasteiger partial charge on any atom is -0.505 e. The van der Waals surface area contributed by atoms with Crippen LogP contribution in [0.25, 0.3) is 22.3 Å². The van der Waals surface area contributed by atoms with Gasteiger partial charge in [0.15, 0.2) is 17.2 Å². The van der Waals surface area contributed by atoms with Crippen LogP contribution in [-0.4, -0.2) is 69.9 Å². The number of hydrogen-bond acceptors (Lipinski definition) is 7. The summed E-state index contributed by atoms with van der Waals surface area (Å²) in [6.45, 7) is 2.91. The van der Waals surface area contributed by atoms with E-state index in [4.69, 9.17) is 4.74 Å². The monoisotopic (exact) mass is 413 g/mol. The molecule has 1 amide bonds. The predicted molar refractivity (Wildman–Crippen MR) is 105 cm³/mol. The number of methoxy groups -OCH3 is 1. The van der Waals surface area contributed by atoms with Gasteiger partial charge in [-0.05, 0) is 31.2 Å². The predicted octanol–water partition coefficient (Wildman–Crippen LogP) is 1.37. The second kappa shape index (κ2) is 7.71. The van der Waals surface area contributed by atoms with Crippen molar-refractivity contribution in [1.82, 2.24) is 25.4 Å². The van der Waals surface area contributed by atoms with E-state index in [1.54, 1.807) is 13.0 Å². The highest BCUT2D eigenvalue weighted by Gasteiger charge is 2.34. The number of aromatic nitrogens is 3. The highest BCUT2D eigenvalue weighted by molar-refractivity contribution is 6.08. The first-order chi connectivity index (χ1) is 14.4. The molecule has 0 radical (unpaired) electrons. The fourth-order valence-corrected chi connectivity index (χ4v) is 3.61. The normalized spacial score (nSPS) is 16.6. The number of hydrogen-bond donors (Lipinski definition) is 3. The van der Waals surface area contributed by atoms with Crippen LogP contribution in [0.4, 0.5) is 4.39 Å². The van der Waals surface area contributed by atoms with E-state index in [-0.39, 0.29) is 12.5 Å². The van der Waals surface area contributed by atoms with Gasteiger partial charge in [0.25, 0.3) is 5.91 Å². The fourth-order valence-electron chi connectivity index (χ4n) is 3.61. The second-order valence-corrected chi connectivity index (χ2v) is 7.01. The molecule has 3 N–H and O–H groups in total. The molecule has 9 nitrogen and oxygen atoms in total. The Hall–Kier alpha value is -3.53. The number of rotatable bonds is 3. The number of fused-ring (bicyclic) bond motifs is 1. The number of nitrogens with zero attached hydrogens (tertiary/aromatic N) is 3. The second-order valence-electron chi connectivity index (χ2n) is 7.01. The maximum Gasteiger partial charge on any atom is 0.329 e. The number of esters is 1. The molecular weight excluding hydrogens is 393 g/mol. The number of halogens is 1. The Morgan fingerprint density at radius 2 is 2.13 bits per heavy atom. The van der Waals surface area contributed by atoms with Crippen LogP contribution in [0, 0.1) is 12.7 Å². The number of benzene rings is 1. The highest BCUT2D eigenvalue weighted by atomic mass is 19.1. The smallest absolute Gasteiger partial charge is 0.329 e. The third-order valence-corrected chi connectivity index (χ3v) is 5.16.